The van der Waals surface area contributed by atoms with E-state index in [2.05, 4.69) is 5.32 Å². The molecule has 0 radical (unpaired) electrons. The van der Waals surface area contributed by atoms with Gasteiger partial charge >= 0.3 is 0 Å². The highest BCUT2D eigenvalue weighted by molar-refractivity contribution is 7.92. The summed E-state index contributed by atoms with van der Waals surface area (Å²) in [4.78, 5) is 28.4. The van der Waals surface area contributed by atoms with Crippen LogP contribution in [0.4, 0.5) is 5.69 Å². The molecule has 1 N–H and O–H groups in total. The Morgan fingerprint density at radius 1 is 1.03 bits per heavy atom. The summed E-state index contributed by atoms with van der Waals surface area (Å²) in [5.41, 5.74) is 0.917. The molecule has 3 rings (SSSR count). The maximum absolute atomic E-state index is 13.8. The molecule has 0 aliphatic carbocycles. The summed E-state index contributed by atoms with van der Waals surface area (Å²) in [5.74, 6) is -0.188. The maximum atomic E-state index is 13.8. The molecule has 1 atom stereocenters. The molecule has 0 saturated carbocycles. The number of amides is 2. The predicted octanol–water partition coefficient (Wildman–Crippen LogP) is 4.60. The molecule has 208 valence electrons. The summed E-state index contributed by atoms with van der Waals surface area (Å²) in [6.45, 7) is 5.37. The Kier molecular flexibility index (Phi) is 10.5. The lowest BCUT2D eigenvalue weighted by Gasteiger charge is -2.33. The Hall–Kier alpha value is -2.69. The van der Waals surface area contributed by atoms with E-state index in [0.29, 0.717) is 40.1 Å². The average molecular weight is 587 g/mol. The first-order valence-corrected chi connectivity index (χ1v) is 14.9. The Bertz CT molecular complexity index is 1260. The number of rotatable bonds is 13. The van der Waals surface area contributed by atoms with Crippen molar-refractivity contribution in [3.05, 3.63) is 52.0 Å². The first-order chi connectivity index (χ1) is 18.1. The van der Waals surface area contributed by atoms with Crippen LogP contribution in [0.3, 0.4) is 0 Å². The Morgan fingerprint density at radius 3 is 2.42 bits per heavy atom. The highest BCUT2D eigenvalue weighted by Gasteiger charge is 2.33. The third-order valence-corrected chi connectivity index (χ3v) is 8.66. The normalized spacial score (nSPS) is 13.2. The van der Waals surface area contributed by atoms with Gasteiger partial charge < -0.3 is 19.7 Å². The fraction of sp³-hybridized carbons (Fsp3) is 0.462. The molecule has 0 fully saturated rings. The van der Waals surface area contributed by atoms with E-state index in [1.165, 1.54) is 17.9 Å². The fourth-order valence-electron chi connectivity index (χ4n) is 4.02. The summed E-state index contributed by atoms with van der Waals surface area (Å²) in [7, 11) is -3.86. The highest BCUT2D eigenvalue weighted by Crippen LogP contribution is 2.36. The van der Waals surface area contributed by atoms with E-state index >= 15 is 0 Å². The highest BCUT2D eigenvalue weighted by atomic mass is 35.5. The number of unbranched alkanes of at least 4 members (excludes halogenated alkanes) is 1. The lowest BCUT2D eigenvalue weighted by atomic mass is 10.1. The van der Waals surface area contributed by atoms with Gasteiger partial charge in [0.15, 0.2) is 11.5 Å². The fourth-order valence-corrected chi connectivity index (χ4v) is 5.39. The summed E-state index contributed by atoms with van der Waals surface area (Å²) < 4.78 is 38.0. The number of carbonyl (C=O) groups excluding carboxylic acids is 2. The number of hydrogen-bond acceptors (Lipinski definition) is 6. The quantitative estimate of drug-likeness (QED) is 0.344. The van der Waals surface area contributed by atoms with E-state index in [1.807, 2.05) is 6.92 Å². The zero-order valence-corrected chi connectivity index (χ0v) is 24.0. The minimum atomic E-state index is -3.86. The van der Waals surface area contributed by atoms with E-state index in [-0.39, 0.29) is 30.7 Å². The molecule has 0 saturated heterocycles. The summed E-state index contributed by atoms with van der Waals surface area (Å²) in [6, 6.07) is 8.83. The third kappa shape index (κ3) is 7.24. The summed E-state index contributed by atoms with van der Waals surface area (Å²) in [6.07, 6.45) is 2.04. The van der Waals surface area contributed by atoms with Crippen molar-refractivity contribution in [2.75, 3.05) is 29.9 Å². The van der Waals surface area contributed by atoms with Crippen molar-refractivity contribution < 1.29 is 27.5 Å². The second-order valence-electron chi connectivity index (χ2n) is 8.78. The van der Waals surface area contributed by atoms with Gasteiger partial charge in [-0.1, -0.05) is 49.5 Å². The molecule has 2 aromatic rings. The van der Waals surface area contributed by atoms with Crippen molar-refractivity contribution >= 4 is 50.7 Å². The van der Waals surface area contributed by atoms with Crippen molar-refractivity contribution in [1.29, 1.82) is 0 Å². The topological polar surface area (TPSA) is 105 Å². The van der Waals surface area contributed by atoms with Crippen molar-refractivity contribution in [2.24, 2.45) is 0 Å². The van der Waals surface area contributed by atoms with Crippen LogP contribution in [-0.2, 0) is 26.2 Å². The zero-order valence-electron chi connectivity index (χ0n) is 21.7. The number of anilines is 1. The van der Waals surface area contributed by atoms with Gasteiger partial charge in [-0.15, -0.1) is 0 Å². The number of sulfonamides is 1. The smallest absolute Gasteiger partial charge is 0.244 e. The number of benzene rings is 2. The molecule has 1 aliphatic heterocycles. The number of nitrogens with one attached hydrogen (secondary N) is 1. The van der Waals surface area contributed by atoms with Crippen LogP contribution in [0.5, 0.6) is 11.5 Å². The van der Waals surface area contributed by atoms with Gasteiger partial charge in [-0.25, -0.2) is 8.42 Å². The van der Waals surface area contributed by atoms with E-state index in [4.69, 9.17) is 32.7 Å². The predicted molar refractivity (Wildman–Crippen MR) is 148 cm³/mol. The van der Waals surface area contributed by atoms with Gasteiger partial charge in [0, 0.05) is 19.2 Å². The zero-order chi connectivity index (χ0) is 27.9. The lowest BCUT2D eigenvalue weighted by Crippen LogP contribution is -2.52. The number of halogens is 2. The number of ether oxygens (including phenoxy) is 2. The number of fused-ring (bicyclic) bond motifs is 1. The van der Waals surface area contributed by atoms with Gasteiger partial charge in [-0.2, -0.15) is 0 Å². The van der Waals surface area contributed by atoms with Crippen LogP contribution in [0.2, 0.25) is 10.0 Å². The van der Waals surface area contributed by atoms with Gasteiger partial charge in [-0.3, -0.25) is 13.9 Å². The molecule has 1 aliphatic rings. The Morgan fingerprint density at radius 2 is 1.76 bits per heavy atom. The lowest BCUT2D eigenvalue weighted by molar-refractivity contribution is -0.140. The van der Waals surface area contributed by atoms with Crippen LogP contribution >= 0.6 is 23.2 Å². The molecule has 2 amide bonds. The van der Waals surface area contributed by atoms with Gasteiger partial charge in [-0.05, 0) is 49.6 Å². The van der Waals surface area contributed by atoms with Crippen LogP contribution in [0, 0.1) is 0 Å². The standard InChI is InChI=1S/C26H33Cl2N3O6S/c1-4-7-12-29-26(33)22(5-2)30(15-18-8-10-20(27)21(28)13-18)25(32)16-31(38(34,35)6-3)19-9-11-23-24(14-19)37-17-36-23/h8-11,13-14,22H,4-7,12,15-17H2,1-3H3,(H,29,33). The van der Waals surface area contributed by atoms with Crippen LogP contribution in [-0.4, -0.2) is 56.8 Å². The summed E-state index contributed by atoms with van der Waals surface area (Å²) in [5, 5.41) is 3.56. The van der Waals surface area contributed by atoms with Gasteiger partial charge in [0.2, 0.25) is 28.6 Å². The minimum Gasteiger partial charge on any atom is -0.454 e. The molecular weight excluding hydrogens is 553 g/mol. The molecule has 1 unspecified atom stereocenters. The molecule has 0 aromatic heterocycles. The van der Waals surface area contributed by atoms with E-state index in [1.54, 1.807) is 37.3 Å². The van der Waals surface area contributed by atoms with E-state index < -0.39 is 28.5 Å². The second kappa shape index (κ2) is 13.4. The Balaban J connectivity index is 1.96. The van der Waals surface area contributed by atoms with Crippen molar-refractivity contribution in [3.63, 3.8) is 0 Å². The molecule has 2 aromatic carbocycles. The van der Waals surface area contributed by atoms with Gasteiger partial charge in [0.25, 0.3) is 0 Å². The second-order valence-corrected chi connectivity index (χ2v) is 11.8. The molecule has 12 heteroatoms. The Labute approximate surface area is 234 Å². The number of carbonyl (C=O) groups is 2. The average Bonchev–Trinajstić information content (AvgIpc) is 3.37. The number of nitrogens with zero attached hydrogens (tertiary/aromatic N) is 2. The van der Waals surface area contributed by atoms with Crippen LogP contribution in [0.1, 0.15) is 45.6 Å². The van der Waals surface area contributed by atoms with Crippen LogP contribution < -0.4 is 19.1 Å². The summed E-state index contributed by atoms with van der Waals surface area (Å²) >= 11 is 12.3. The van der Waals surface area contributed by atoms with Crippen LogP contribution in [0.15, 0.2) is 36.4 Å². The van der Waals surface area contributed by atoms with Crippen molar-refractivity contribution in [2.45, 2.75) is 52.6 Å². The van der Waals surface area contributed by atoms with Gasteiger partial charge in [0.1, 0.15) is 12.6 Å². The SMILES string of the molecule is CCCCNC(=O)C(CC)N(Cc1ccc(Cl)c(Cl)c1)C(=O)CN(c1ccc2c(c1)OCO2)S(=O)(=O)CC. The molecule has 0 bridgehead atoms. The molecule has 9 nitrogen and oxygen atoms in total. The monoisotopic (exact) mass is 585 g/mol. The molecule has 1 heterocycles. The minimum absolute atomic E-state index is 0.0288. The van der Waals surface area contributed by atoms with Crippen molar-refractivity contribution in [3.8, 4) is 11.5 Å². The number of hydrogen-bond donors (Lipinski definition) is 1. The first-order valence-electron chi connectivity index (χ1n) is 12.5. The van der Waals surface area contributed by atoms with Gasteiger partial charge in [0.05, 0.1) is 21.5 Å². The van der Waals surface area contributed by atoms with E-state index in [9.17, 15) is 18.0 Å². The maximum Gasteiger partial charge on any atom is 0.244 e. The molecule has 0 spiro atoms. The van der Waals surface area contributed by atoms with E-state index in [0.717, 1.165) is 17.1 Å². The largest absolute Gasteiger partial charge is 0.454 e. The first kappa shape index (κ1) is 29.9. The molecular formula is C26H33Cl2N3O6S. The molecule has 38 heavy (non-hydrogen) atoms. The van der Waals surface area contributed by atoms with Crippen LogP contribution in [0.25, 0.3) is 0 Å². The van der Waals surface area contributed by atoms with Crippen molar-refractivity contribution in [1.82, 2.24) is 10.2 Å². The third-order valence-electron chi connectivity index (χ3n) is 6.18.